The first-order valence-electron chi connectivity index (χ1n) is 6.92. The van der Waals surface area contributed by atoms with E-state index in [0.29, 0.717) is 29.8 Å². The average Bonchev–Trinajstić information content (AvgIpc) is 3.15. The first-order valence-corrected chi connectivity index (χ1v) is 6.92. The van der Waals surface area contributed by atoms with Gasteiger partial charge in [0.25, 0.3) is 0 Å². The van der Waals surface area contributed by atoms with Crippen molar-refractivity contribution in [3.05, 3.63) is 47.0 Å². The number of aryl methyl sites for hydroxylation is 1. The van der Waals surface area contributed by atoms with Crippen LogP contribution in [0, 0.1) is 11.7 Å². The topological polar surface area (TPSA) is 65.2 Å². The summed E-state index contributed by atoms with van der Waals surface area (Å²) in [5.41, 5.74) is 1.80. The lowest BCUT2D eigenvalue weighted by molar-refractivity contribution is -0.146. The predicted octanol–water partition coefficient (Wildman–Crippen LogP) is 2.62. The van der Waals surface area contributed by atoms with Gasteiger partial charge in [-0.3, -0.25) is 4.79 Å². The van der Waals surface area contributed by atoms with E-state index in [1.807, 2.05) is 6.92 Å². The van der Waals surface area contributed by atoms with Crippen LogP contribution >= 0.6 is 0 Å². The number of hydrogen-bond acceptors (Lipinski definition) is 5. The lowest BCUT2D eigenvalue weighted by Crippen LogP contribution is -2.09. The van der Waals surface area contributed by atoms with Crippen LogP contribution < -0.4 is 0 Å². The van der Waals surface area contributed by atoms with Gasteiger partial charge in [0, 0.05) is 5.92 Å². The fourth-order valence-electron chi connectivity index (χ4n) is 2.42. The van der Waals surface area contributed by atoms with E-state index in [1.165, 1.54) is 6.07 Å². The summed E-state index contributed by atoms with van der Waals surface area (Å²) in [4.78, 5) is 12.0. The van der Waals surface area contributed by atoms with Crippen LogP contribution in [0.4, 0.5) is 4.39 Å². The van der Waals surface area contributed by atoms with Crippen LogP contribution in [-0.4, -0.2) is 16.3 Å². The molecule has 0 bridgehead atoms. The van der Waals surface area contributed by atoms with E-state index in [4.69, 9.17) is 4.74 Å². The zero-order chi connectivity index (χ0) is 14.8. The predicted molar refractivity (Wildman–Crippen MR) is 70.7 cm³/mol. The Balaban J connectivity index is 1.57. The molecule has 1 aliphatic rings. The van der Waals surface area contributed by atoms with Crippen LogP contribution in [0.5, 0.6) is 0 Å². The molecule has 0 N–H and O–H groups in total. The minimum Gasteiger partial charge on any atom is -0.459 e. The molecule has 1 fully saturated rings. The third-order valence-electron chi connectivity index (χ3n) is 3.72. The van der Waals surface area contributed by atoms with Crippen molar-refractivity contribution in [1.82, 2.24) is 10.3 Å². The Bertz CT molecular complexity index is 656. The highest BCUT2D eigenvalue weighted by Crippen LogP contribution is 2.48. The summed E-state index contributed by atoms with van der Waals surface area (Å²) in [5, 5.41) is 7.43. The number of hydrogen-bond donors (Lipinski definition) is 0. The zero-order valence-corrected chi connectivity index (χ0v) is 11.6. The molecule has 0 unspecified atom stereocenters. The van der Waals surface area contributed by atoms with Gasteiger partial charge in [-0.05, 0) is 24.5 Å². The third-order valence-corrected chi connectivity index (χ3v) is 3.72. The number of esters is 1. The molecule has 1 heterocycles. The maximum atomic E-state index is 13.6. The molecule has 0 saturated heterocycles. The monoisotopic (exact) mass is 290 g/mol. The van der Waals surface area contributed by atoms with Gasteiger partial charge in [0.05, 0.1) is 5.92 Å². The van der Waals surface area contributed by atoms with Crippen LogP contribution in [0.15, 0.2) is 28.9 Å². The molecule has 0 radical (unpaired) electrons. The summed E-state index contributed by atoms with van der Waals surface area (Å²) in [6.07, 6.45) is 1.29. The molecule has 0 amide bonds. The Hall–Kier alpha value is -2.24. The highest BCUT2D eigenvalue weighted by atomic mass is 19.1. The van der Waals surface area contributed by atoms with Crippen molar-refractivity contribution < 1.29 is 18.6 Å². The van der Waals surface area contributed by atoms with E-state index in [0.717, 1.165) is 0 Å². The zero-order valence-electron chi connectivity index (χ0n) is 11.6. The maximum Gasteiger partial charge on any atom is 0.309 e. The molecule has 1 saturated carbocycles. The minimum absolute atomic E-state index is 0.0476. The molecule has 110 valence electrons. The molecule has 21 heavy (non-hydrogen) atoms. The van der Waals surface area contributed by atoms with E-state index in [1.54, 1.807) is 18.2 Å². The molecular weight excluding hydrogens is 275 g/mol. The highest BCUT2D eigenvalue weighted by molar-refractivity contribution is 5.77. The lowest BCUT2D eigenvalue weighted by Gasteiger charge is -2.04. The highest BCUT2D eigenvalue weighted by Gasteiger charge is 2.46. The van der Waals surface area contributed by atoms with Crippen LogP contribution in [0.25, 0.3) is 0 Å². The summed E-state index contributed by atoms with van der Waals surface area (Å²) in [7, 11) is 0. The third kappa shape index (κ3) is 2.79. The van der Waals surface area contributed by atoms with Crippen molar-refractivity contribution in [3.8, 4) is 0 Å². The largest absolute Gasteiger partial charge is 0.459 e. The van der Waals surface area contributed by atoms with Crippen LogP contribution in [0.2, 0.25) is 0 Å². The van der Waals surface area contributed by atoms with Gasteiger partial charge in [0.2, 0.25) is 0 Å². The molecule has 2 aromatic rings. The Morgan fingerprint density at radius 2 is 2.14 bits per heavy atom. The van der Waals surface area contributed by atoms with E-state index >= 15 is 0 Å². The van der Waals surface area contributed by atoms with Gasteiger partial charge in [-0.25, -0.2) is 9.02 Å². The second kappa shape index (κ2) is 5.63. The van der Waals surface area contributed by atoms with Gasteiger partial charge in [0.1, 0.15) is 23.8 Å². The summed E-state index contributed by atoms with van der Waals surface area (Å²) < 4.78 is 23.5. The molecule has 0 aliphatic heterocycles. The second-order valence-corrected chi connectivity index (χ2v) is 5.09. The lowest BCUT2D eigenvalue weighted by atomic mass is 10.1. The van der Waals surface area contributed by atoms with E-state index in [-0.39, 0.29) is 30.2 Å². The Labute approximate surface area is 121 Å². The van der Waals surface area contributed by atoms with Crippen molar-refractivity contribution in [3.63, 3.8) is 0 Å². The molecule has 3 rings (SSSR count). The van der Waals surface area contributed by atoms with Crippen molar-refractivity contribution >= 4 is 5.97 Å². The van der Waals surface area contributed by atoms with Gasteiger partial charge < -0.3 is 4.74 Å². The molecule has 1 aromatic carbocycles. The van der Waals surface area contributed by atoms with Gasteiger partial charge in [0.15, 0.2) is 0 Å². The molecular formula is C15H15FN2O3. The first kappa shape index (κ1) is 13.7. The first-order chi connectivity index (χ1) is 10.2. The van der Waals surface area contributed by atoms with Gasteiger partial charge in [-0.2, -0.15) is 0 Å². The Morgan fingerprint density at radius 3 is 2.90 bits per heavy atom. The SMILES string of the molecule is CCc1nonc1COC(=O)[C@@H]1C[C@H]1c1ccccc1F. The van der Waals surface area contributed by atoms with E-state index in [9.17, 15) is 9.18 Å². The number of aromatic nitrogens is 2. The number of carbonyl (C=O) groups is 1. The minimum atomic E-state index is -0.326. The van der Waals surface area contributed by atoms with Gasteiger partial charge >= 0.3 is 5.97 Å². The molecule has 2 atom stereocenters. The Morgan fingerprint density at radius 1 is 1.38 bits per heavy atom. The molecule has 1 aliphatic carbocycles. The summed E-state index contributed by atoms with van der Waals surface area (Å²) in [6.45, 7) is 1.96. The normalized spacial score (nSPS) is 20.3. The number of halogens is 1. The van der Waals surface area contributed by atoms with Crippen LogP contribution in [0.3, 0.4) is 0 Å². The summed E-state index contributed by atoms with van der Waals surface area (Å²) in [6, 6.07) is 6.53. The van der Waals surface area contributed by atoms with Crippen LogP contribution in [0.1, 0.15) is 36.2 Å². The fraction of sp³-hybridized carbons (Fsp3) is 0.400. The van der Waals surface area contributed by atoms with Crippen LogP contribution in [-0.2, 0) is 22.6 Å². The number of carbonyl (C=O) groups excluding carboxylic acids is 1. The molecule has 5 nitrogen and oxygen atoms in total. The van der Waals surface area contributed by atoms with Gasteiger partial charge in [-0.1, -0.05) is 35.4 Å². The Kier molecular flexibility index (Phi) is 3.68. The van der Waals surface area contributed by atoms with Gasteiger partial charge in [-0.15, -0.1) is 0 Å². The number of benzene rings is 1. The quantitative estimate of drug-likeness (QED) is 0.792. The summed E-state index contributed by atoms with van der Waals surface area (Å²) in [5.74, 6) is -0.952. The smallest absolute Gasteiger partial charge is 0.309 e. The van der Waals surface area contributed by atoms with Crippen molar-refractivity contribution in [2.24, 2.45) is 5.92 Å². The molecule has 6 heteroatoms. The second-order valence-electron chi connectivity index (χ2n) is 5.09. The number of nitrogens with zero attached hydrogens (tertiary/aromatic N) is 2. The fourth-order valence-corrected chi connectivity index (χ4v) is 2.42. The van der Waals surface area contributed by atoms with Crippen molar-refractivity contribution in [1.29, 1.82) is 0 Å². The maximum absolute atomic E-state index is 13.6. The molecule has 0 spiro atoms. The van der Waals surface area contributed by atoms with E-state index in [2.05, 4.69) is 14.9 Å². The summed E-state index contributed by atoms with van der Waals surface area (Å²) >= 11 is 0. The van der Waals surface area contributed by atoms with Crippen molar-refractivity contribution in [2.45, 2.75) is 32.3 Å². The standard InChI is InChI=1S/C15H15FN2O3/c1-2-13-14(18-21-17-13)8-20-15(19)11-7-10(11)9-5-3-4-6-12(9)16/h3-6,10-11H,2,7-8H2,1H3/t10-,11+/m0/s1. The van der Waals surface area contributed by atoms with E-state index < -0.39 is 0 Å². The number of ether oxygens (including phenoxy) is 1. The number of rotatable bonds is 5. The molecule has 1 aromatic heterocycles. The average molecular weight is 290 g/mol. The van der Waals surface area contributed by atoms with Crippen molar-refractivity contribution in [2.75, 3.05) is 0 Å².